The van der Waals surface area contributed by atoms with Gasteiger partial charge in [-0.2, -0.15) is 0 Å². The second kappa shape index (κ2) is 6.68. The van der Waals surface area contributed by atoms with E-state index < -0.39 is 0 Å². The summed E-state index contributed by atoms with van der Waals surface area (Å²) in [5.41, 5.74) is 4.16. The molecule has 23 heavy (non-hydrogen) atoms. The summed E-state index contributed by atoms with van der Waals surface area (Å²) in [6, 6.07) is 8.00. The Morgan fingerprint density at radius 1 is 1.22 bits per heavy atom. The van der Waals surface area contributed by atoms with Gasteiger partial charge in [0.05, 0.1) is 10.6 Å². The number of benzene rings is 1. The molecule has 1 aromatic carbocycles. The van der Waals surface area contributed by atoms with Crippen LogP contribution in [-0.2, 0) is 0 Å². The molecule has 0 bridgehead atoms. The van der Waals surface area contributed by atoms with Crippen molar-refractivity contribution in [2.24, 2.45) is 0 Å². The van der Waals surface area contributed by atoms with Crippen molar-refractivity contribution in [1.29, 1.82) is 0 Å². The molecule has 0 fully saturated rings. The standard InChI is InChI=1S/C17H17N3OS2/c1-10-7-12(3)13(8-11(10)2)14(21)9-23-17-18-16(19-20-17)15-5-4-6-22-15/h4-8H,9H2,1-3H3,(H,18,19,20). The minimum absolute atomic E-state index is 0.109. The predicted octanol–water partition coefficient (Wildman–Crippen LogP) is 4.43. The second-order valence-corrected chi connectivity index (χ2v) is 7.30. The number of aryl methyl sites for hydroxylation is 3. The van der Waals surface area contributed by atoms with Gasteiger partial charge in [0.2, 0.25) is 5.16 Å². The number of ketones is 1. The van der Waals surface area contributed by atoms with Crippen LogP contribution in [0.3, 0.4) is 0 Å². The van der Waals surface area contributed by atoms with Crippen LogP contribution >= 0.6 is 23.1 Å². The quantitative estimate of drug-likeness (QED) is 0.550. The van der Waals surface area contributed by atoms with Gasteiger partial charge in [-0.3, -0.25) is 9.89 Å². The third kappa shape index (κ3) is 3.54. The van der Waals surface area contributed by atoms with E-state index in [0.29, 0.717) is 10.9 Å². The number of Topliss-reactive ketones (excluding diaryl/α,β-unsaturated/α-hetero) is 1. The molecular formula is C17H17N3OS2. The number of nitrogens with one attached hydrogen (secondary N) is 1. The molecule has 0 aliphatic heterocycles. The number of carbonyl (C=O) groups excluding carboxylic acids is 1. The Hall–Kier alpha value is -1.92. The molecular weight excluding hydrogens is 326 g/mol. The minimum atomic E-state index is 0.109. The Morgan fingerprint density at radius 2 is 2.00 bits per heavy atom. The lowest BCUT2D eigenvalue weighted by Crippen LogP contribution is -2.06. The highest BCUT2D eigenvalue weighted by Gasteiger charge is 2.13. The second-order valence-electron chi connectivity index (χ2n) is 5.41. The Labute approximate surface area is 143 Å². The molecule has 0 unspecified atom stereocenters. The average molecular weight is 343 g/mol. The van der Waals surface area contributed by atoms with Crippen LogP contribution < -0.4 is 0 Å². The van der Waals surface area contributed by atoms with E-state index in [1.54, 1.807) is 11.3 Å². The van der Waals surface area contributed by atoms with Gasteiger partial charge in [0.1, 0.15) is 0 Å². The summed E-state index contributed by atoms with van der Waals surface area (Å²) >= 11 is 2.97. The number of hydrogen-bond acceptors (Lipinski definition) is 5. The number of thiophene rings is 1. The molecule has 0 atom stereocenters. The van der Waals surface area contributed by atoms with Crippen molar-refractivity contribution in [2.45, 2.75) is 25.9 Å². The molecule has 0 saturated carbocycles. The van der Waals surface area contributed by atoms with Gasteiger partial charge in [-0.25, -0.2) is 4.98 Å². The zero-order chi connectivity index (χ0) is 16.4. The Morgan fingerprint density at radius 3 is 2.74 bits per heavy atom. The number of H-pyrrole nitrogens is 1. The summed E-state index contributed by atoms with van der Waals surface area (Å²) in [4.78, 5) is 17.9. The fourth-order valence-electron chi connectivity index (χ4n) is 2.30. The number of hydrogen-bond donors (Lipinski definition) is 1. The maximum atomic E-state index is 12.5. The van der Waals surface area contributed by atoms with Crippen LogP contribution in [0.2, 0.25) is 0 Å². The molecule has 0 saturated heterocycles. The lowest BCUT2D eigenvalue weighted by atomic mass is 9.99. The molecule has 3 aromatic rings. The fraction of sp³-hybridized carbons (Fsp3) is 0.235. The van der Waals surface area contributed by atoms with Gasteiger partial charge >= 0.3 is 0 Å². The van der Waals surface area contributed by atoms with Gasteiger partial charge in [-0.1, -0.05) is 23.9 Å². The van der Waals surface area contributed by atoms with Gasteiger partial charge in [-0.05, 0) is 55.0 Å². The van der Waals surface area contributed by atoms with Crippen LogP contribution in [0, 0.1) is 20.8 Å². The normalized spacial score (nSPS) is 10.9. The molecule has 4 nitrogen and oxygen atoms in total. The Balaban J connectivity index is 1.69. The Bertz CT molecular complexity index is 838. The van der Waals surface area contributed by atoms with E-state index in [0.717, 1.165) is 27.4 Å². The number of nitrogens with zero attached hydrogens (tertiary/aromatic N) is 2. The van der Waals surface area contributed by atoms with E-state index in [1.165, 1.54) is 17.3 Å². The SMILES string of the molecule is Cc1cc(C)c(C(=O)CSc2n[nH]c(-c3cccs3)n2)cc1C. The first-order valence-corrected chi connectivity index (χ1v) is 9.11. The van der Waals surface area contributed by atoms with Gasteiger partial charge in [0, 0.05) is 5.56 Å². The van der Waals surface area contributed by atoms with E-state index in [4.69, 9.17) is 0 Å². The first-order valence-electron chi connectivity index (χ1n) is 7.24. The molecule has 0 radical (unpaired) electrons. The molecule has 6 heteroatoms. The third-order valence-corrected chi connectivity index (χ3v) is 5.42. The largest absolute Gasteiger partial charge is 0.293 e. The van der Waals surface area contributed by atoms with E-state index in [-0.39, 0.29) is 5.78 Å². The van der Waals surface area contributed by atoms with Gasteiger partial charge < -0.3 is 0 Å². The highest BCUT2D eigenvalue weighted by molar-refractivity contribution is 7.99. The van der Waals surface area contributed by atoms with Crippen LogP contribution in [0.25, 0.3) is 10.7 Å². The van der Waals surface area contributed by atoms with E-state index in [2.05, 4.69) is 28.2 Å². The van der Waals surface area contributed by atoms with Gasteiger partial charge in [0.15, 0.2) is 11.6 Å². The van der Waals surface area contributed by atoms with Crippen molar-refractivity contribution >= 4 is 28.9 Å². The maximum Gasteiger partial charge on any atom is 0.209 e. The van der Waals surface area contributed by atoms with Crippen LogP contribution in [0.4, 0.5) is 0 Å². The molecule has 0 spiro atoms. The smallest absolute Gasteiger partial charge is 0.209 e. The van der Waals surface area contributed by atoms with Gasteiger partial charge in [-0.15, -0.1) is 16.4 Å². The van der Waals surface area contributed by atoms with Crippen LogP contribution in [0.5, 0.6) is 0 Å². The average Bonchev–Trinajstić information content (AvgIpc) is 3.19. The van der Waals surface area contributed by atoms with Crippen molar-refractivity contribution < 1.29 is 4.79 Å². The van der Waals surface area contributed by atoms with E-state index in [1.807, 2.05) is 37.4 Å². The highest BCUT2D eigenvalue weighted by atomic mass is 32.2. The van der Waals surface area contributed by atoms with Crippen molar-refractivity contribution in [1.82, 2.24) is 15.2 Å². The Kier molecular flexibility index (Phi) is 4.63. The maximum absolute atomic E-state index is 12.5. The fourth-order valence-corrected chi connectivity index (χ4v) is 3.65. The van der Waals surface area contributed by atoms with Crippen molar-refractivity contribution in [3.8, 4) is 10.7 Å². The first kappa shape index (κ1) is 16.0. The lowest BCUT2D eigenvalue weighted by molar-refractivity contribution is 0.102. The summed E-state index contributed by atoms with van der Waals surface area (Å²) in [6.07, 6.45) is 0. The molecule has 1 N–H and O–H groups in total. The number of aromatic amines is 1. The van der Waals surface area contributed by atoms with Crippen molar-refractivity contribution in [3.63, 3.8) is 0 Å². The summed E-state index contributed by atoms with van der Waals surface area (Å²) in [6.45, 7) is 6.07. The zero-order valence-electron chi connectivity index (χ0n) is 13.2. The topological polar surface area (TPSA) is 58.6 Å². The summed E-state index contributed by atoms with van der Waals surface area (Å²) in [7, 11) is 0. The number of thioether (sulfide) groups is 1. The van der Waals surface area contributed by atoms with Crippen LogP contribution in [0.15, 0.2) is 34.8 Å². The molecule has 2 heterocycles. The number of aromatic nitrogens is 3. The van der Waals surface area contributed by atoms with Crippen LogP contribution in [-0.4, -0.2) is 26.7 Å². The third-order valence-electron chi connectivity index (χ3n) is 3.69. The molecule has 3 rings (SSSR count). The molecule has 0 amide bonds. The van der Waals surface area contributed by atoms with E-state index >= 15 is 0 Å². The lowest BCUT2D eigenvalue weighted by Gasteiger charge is -2.08. The van der Waals surface area contributed by atoms with Crippen molar-refractivity contribution in [3.05, 3.63) is 51.9 Å². The summed E-state index contributed by atoms with van der Waals surface area (Å²) < 4.78 is 0. The predicted molar refractivity (Wildman–Crippen MR) is 95.4 cm³/mol. The number of rotatable bonds is 5. The molecule has 2 aromatic heterocycles. The molecule has 118 valence electrons. The summed E-state index contributed by atoms with van der Waals surface area (Å²) in [5, 5.41) is 9.69. The number of carbonyl (C=O) groups is 1. The molecule has 0 aliphatic carbocycles. The summed E-state index contributed by atoms with van der Waals surface area (Å²) in [5.74, 6) is 1.20. The zero-order valence-corrected chi connectivity index (χ0v) is 14.8. The monoisotopic (exact) mass is 343 g/mol. The highest BCUT2D eigenvalue weighted by Crippen LogP contribution is 2.24. The first-order chi connectivity index (χ1) is 11.0. The minimum Gasteiger partial charge on any atom is -0.293 e. The van der Waals surface area contributed by atoms with Crippen molar-refractivity contribution in [2.75, 3.05) is 5.75 Å². The van der Waals surface area contributed by atoms with Gasteiger partial charge in [0.25, 0.3) is 0 Å². The van der Waals surface area contributed by atoms with E-state index in [9.17, 15) is 4.79 Å². The van der Waals surface area contributed by atoms with Crippen LogP contribution in [0.1, 0.15) is 27.0 Å². The molecule has 0 aliphatic rings.